The van der Waals surface area contributed by atoms with Crippen LogP contribution in [0.1, 0.15) is 0 Å². The molecule has 36 valence electrons. The molecule has 0 rings (SSSR count). The van der Waals surface area contributed by atoms with Crippen molar-refractivity contribution in [3.05, 3.63) is 0 Å². The quantitative estimate of drug-likeness (QED) is 0.310. The molecule has 0 saturated carbocycles. The molecule has 0 bridgehead atoms. The third kappa shape index (κ3) is 168. The molecular weight excluding hydrogens is 167 g/mol. The first kappa shape index (κ1) is 9.78. The van der Waals surface area contributed by atoms with Crippen molar-refractivity contribution in [1.29, 1.82) is 0 Å². The van der Waals surface area contributed by atoms with Gasteiger partial charge < -0.3 is 0 Å². The fraction of sp³-hybridized carbons (Fsp3) is 0. The summed E-state index contributed by atoms with van der Waals surface area (Å²) in [6.07, 6.45) is 0. The Hall–Kier alpha value is 0.593. The molecule has 0 heterocycles. The Morgan fingerprint density at radius 1 is 1.50 bits per heavy atom. The van der Waals surface area contributed by atoms with Crippen molar-refractivity contribution in [3.63, 3.8) is 0 Å². The molecule has 0 fully saturated rings. The summed E-state index contributed by atoms with van der Waals surface area (Å²) < 4.78 is 35.4. The minimum Gasteiger partial charge on any atom is -0.258 e. The zero-order valence-corrected chi connectivity index (χ0v) is 6.63. The van der Waals surface area contributed by atoms with Crippen molar-refractivity contribution in [3.8, 4) is 0 Å². The monoisotopic (exact) mass is 168 g/mol. The predicted octanol–water partition coefficient (Wildman–Crippen LogP) is 0.243. The van der Waals surface area contributed by atoms with Crippen LogP contribution in [0.15, 0.2) is 0 Å². The van der Waals surface area contributed by atoms with Crippen molar-refractivity contribution in [2.45, 2.75) is 0 Å². The van der Waals surface area contributed by atoms with Crippen molar-refractivity contribution < 1.29 is 36.0 Å². The van der Waals surface area contributed by atoms with Gasteiger partial charge in [-0.1, -0.05) is 7.77 Å². The van der Waals surface area contributed by atoms with Crippen molar-refractivity contribution in [2.24, 2.45) is 0 Å². The van der Waals surface area contributed by atoms with E-state index >= 15 is 0 Å². The normalized spacial score (nSPS) is 12.5. The van der Waals surface area contributed by atoms with Gasteiger partial charge in [-0.25, -0.2) is 0 Å². The first-order valence-electron chi connectivity index (χ1n) is 0.721. The van der Waals surface area contributed by atoms with Crippen LogP contribution in [0.3, 0.4) is 0 Å². The Morgan fingerprint density at radius 2 is 1.50 bits per heavy atom. The number of rotatable bonds is 0. The van der Waals surface area contributed by atoms with Gasteiger partial charge in [0, 0.05) is 19.5 Å². The molecule has 2 nitrogen and oxygen atoms in total. The molecular formula is H2F2O2SZn. The SMILES string of the molecule is O=[SH](O)(F)F.[Zn]. The Bertz CT molecular complexity index is 57.7. The largest absolute Gasteiger partial charge is 0.258 e. The summed E-state index contributed by atoms with van der Waals surface area (Å²) in [5, 5.41) is 0. The van der Waals surface area contributed by atoms with Crippen LogP contribution in [-0.2, 0) is 30.5 Å². The van der Waals surface area contributed by atoms with Gasteiger partial charge in [0.25, 0.3) is 0 Å². The molecule has 0 aliphatic carbocycles. The molecule has 0 aromatic rings. The first-order chi connectivity index (χ1) is 2.00. The van der Waals surface area contributed by atoms with Gasteiger partial charge in [0.15, 0.2) is 0 Å². The molecule has 0 radical (unpaired) electrons. The Balaban J connectivity index is 0. The molecule has 6 heteroatoms. The van der Waals surface area contributed by atoms with E-state index in [1.165, 1.54) is 0 Å². The maximum atomic E-state index is 10.1. The summed E-state index contributed by atoms with van der Waals surface area (Å²) in [6, 6.07) is 0. The van der Waals surface area contributed by atoms with Gasteiger partial charge in [-0.15, -0.1) is 0 Å². The van der Waals surface area contributed by atoms with Crippen LogP contribution < -0.4 is 0 Å². The number of halogens is 2. The Labute approximate surface area is 47.5 Å². The third-order valence-corrected chi connectivity index (χ3v) is 0. The van der Waals surface area contributed by atoms with E-state index in [0.29, 0.717) is 0 Å². The smallest absolute Gasteiger partial charge is 0.0579 e. The summed E-state index contributed by atoms with van der Waals surface area (Å²) in [7, 11) is -5.64. The summed E-state index contributed by atoms with van der Waals surface area (Å²) in [6.45, 7) is 0. The van der Waals surface area contributed by atoms with E-state index in [2.05, 4.69) is 0 Å². The Kier molecular flexibility index (Phi) is 4.42. The van der Waals surface area contributed by atoms with Gasteiger partial charge in [0.1, 0.15) is 0 Å². The molecule has 0 aliphatic rings. The van der Waals surface area contributed by atoms with Crippen molar-refractivity contribution in [2.75, 3.05) is 0 Å². The fourth-order valence-corrected chi connectivity index (χ4v) is 0. The maximum absolute atomic E-state index is 10.1. The van der Waals surface area contributed by atoms with Gasteiger partial charge in [-0.2, -0.15) is 4.21 Å². The predicted molar refractivity (Wildman–Crippen MR) is 14.4 cm³/mol. The van der Waals surface area contributed by atoms with E-state index in [9.17, 15) is 7.77 Å². The van der Waals surface area contributed by atoms with Crippen LogP contribution in [-0.4, -0.2) is 8.76 Å². The molecule has 0 unspecified atom stereocenters. The second kappa shape index (κ2) is 2.71. The summed E-state index contributed by atoms with van der Waals surface area (Å²) in [5.74, 6) is 0. The van der Waals surface area contributed by atoms with Crippen LogP contribution >= 0.6 is 0 Å². The summed E-state index contributed by atoms with van der Waals surface area (Å²) in [5.41, 5.74) is 0. The van der Waals surface area contributed by atoms with E-state index in [4.69, 9.17) is 8.76 Å². The number of hydrogen-bond acceptors (Lipinski definition) is 1. The zero-order chi connectivity index (χ0) is 4.50. The van der Waals surface area contributed by atoms with Crippen molar-refractivity contribution in [1.82, 2.24) is 0 Å². The number of thiol groups is 1. The molecule has 0 spiro atoms. The minimum absolute atomic E-state index is 0. The average molecular weight is 169 g/mol. The van der Waals surface area contributed by atoms with Crippen LogP contribution in [0, 0.1) is 0 Å². The average Bonchev–Trinajstić information content (AvgIpc) is 0.722. The van der Waals surface area contributed by atoms with E-state index in [1.807, 2.05) is 0 Å². The zero-order valence-electron chi connectivity index (χ0n) is 2.77. The molecule has 0 atom stereocenters. The first-order valence-corrected chi connectivity index (χ1v) is 2.16. The standard InChI is InChI=1S/F2H2O2S.Zn/c1-5(2,3)4;/h5H,(H,3,4);. The van der Waals surface area contributed by atoms with Gasteiger partial charge in [-0.05, 0) is 0 Å². The second-order valence-corrected chi connectivity index (χ2v) is 1.30. The van der Waals surface area contributed by atoms with Gasteiger partial charge in [0.2, 0.25) is 0 Å². The molecule has 0 aromatic carbocycles. The fourth-order valence-electron chi connectivity index (χ4n) is 0. The molecule has 1 N–H and O–H groups in total. The van der Waals surface area contributed by atoms with Crippen molar-refractivity contribution >= 4 is 11.0 Å². The van der Waals surface area contributed by atoms with E-state index < -0.39 is 11.0 Å². The second-order valence-electron chi connectivity index (χ2n) is 0.435. The van der Waals surface area contributed by atoms with Crippen LogP contribution in [0.2, 0.25) is 0 Å². The van der Waals surface area contributed by atoms with E-state index in [1.54, 1.807) is 0 Å². The van der Waals surface area contributed by atoms with E-state index in [0.717, 1.165) is 0 Å². The van der Waals surface area contributed by atoms with Crippen LogP contribution in [0.25, 0.3) is 0 Å². The van der Waals surface area contributed by atoms with Gasteiger partial charge >= 0.3 is 0 Å². The van der Waals surface area contributed by atoms with Crippen LogP contribution in [0.5, 0.6) is 0 Å². The maximum Gasteiger partial charge on any atom is 0.0579 e. The topological polar surface area (TPSA) is 37.3 Å². The molecule has 6 heavy (non-hydrogen) atoms. The summed E-state index contributed by atoms with van der Waals surface area (Å²) in [4.78, 5) is 0. The van der Waals surface area contributed by atoms with E-state index in [-0.39, 0.29) is 19.5 Å². The molecule has 0 amide bonds. The van der Waals surface area contributed by atoms with Gasteiger partial charge in [0.05, 0.1) is 11.0 Å². The molecule has 0 aromatic heterocycles. The van der Waals surface area contributed by atoms with Crippen LogP contribution in [0.4, 0.5) is 7.77 Å². The molecule has 0 aliphatic heterocycles. The minimum atomic E-state index is -5.64. The number of hydrogen-bond donors (Lipinski definition) is 2. The molecule has 0 saturated heterocycles. The summed E-state index contributed by atoms with van der Waals surface area (Å²) >= 11 is 0. The van der Waals surface area contributed by atoms with Gasteiger partial charge in [-0.3, -0.25) is 4.55 Å². The third-order valence-electron chi connectivity index (χ3n) is 0. The Morgan fingerprint density at radius 3 is 1.50 bits per heavy atom.